The summed E-state index contributed by atoms with van der Waals surface area (Å²) in [6.07, 6.45) is 6.49. The molecule has 0 aliphatic rings. The maximum atomic E-state index is 4.94. The highest BCUT2D eigenvalue weighted by Gasteiger charge is 1.85. The Hall–Kier alpha value is -0.480. The second-order valence-corrected chi connectivity index (χ2v) is 2.76. The highest BCUT2D eigenvalue weighted by molar-refractivity contribution is 4.98. The lowest BCUT2D eigenvalue weighted by atomic mass is 10.2. The molecule has 1 nitrogen and oxygen atoms in total. The molecule has 69 valence electrons. The SMILES string of the molecule is [CH2]CCC#CCCCCCOC. The Bertz CT molecular complexity index is 130. The molecule has 0 bridgehead atoms. The van der Waals surface area contributed by atoms with Crippen LogP contribution in [0.5, 0.6) is 0 Å². The molecule has 0 saturated heterocycles. The molecule has 0 rings (SSSR count). The standard InChI is InChI=1S/C11H19O/c1-3-4-5-6-7-8-9-10-11-12-2/h1,3-4,7-11H2,2H3. The Labute approximate surface area is 76.5 Å². The number of hydrogen-bond donors (Lipinski definition) is 0. The van der Waals surface area contributed by atoms with Crippen molar-refractivity contribution in [2.45, 2.75) is 38.5 Å². The zero-order valence-corrected chi connectivity index (χ0v) is 8.07. The van der Waals surface area contributed by atoms with Crippen molar-refractivity contribution < 1.29 is 4.74 Å². The van der Waals surface area contributed by atoms with Gasteiger partial charge in [0.15, 0.2) is 0 Å². The first-order valence-corrected chi connectivity index (χ1v) is 4.65. The lowest BCUT2D eigenvalue weighted by Gasteiger charge is -1.95. The van der Waals surface area contributed by atoms with Crippen molar-refractivity contribution in [2.75, 3.05) is 13.7 Å². The van der Waals surface area contributed by atoms with Gasteiger partial charge in [0.2, 0.25) is 0 Å². The van der Waals surface area contributed by atoms with Crippen LogP contribution in [0.25, 0.3) is 0 Å². The smallest absolute Gasteiger partial charge is 0.0462 e. The fourth-order valence-electron chi connectivity index (χ4n) is 0.902. The van der Waals surface area contributed by atoms with Crippen LogP contribution in [0.1, 0.15) is 38.5 Å². The average molecular weight is 167 g/mol. The lowest BCUT2D eigenvalue weighted by molar-refractivity contribution is 0.192. The van der Waals surface area contributed by atoms with E-state index in [4.69, 9.17) is 4.74 Å². The highest BCUT2D eigenvalue weighted by atomic mass is 16.5. The third-order valence-electron chi connectivity index (χ3n) is 1.58. The largest absolute Gasteiger partial charge is 0.385 e. The van der Waals surface area contributed by atoms with Gasteiger partial charge in [0, 0.05) is 26.6 Å². The number of rotatable bonds is 6. The van der Waals surface area contributed by atoms with Crippen molar-refractivity contribution in [2.24, 2.45) is 0 Å². The third-order valence-corrected chi connectivity index (χ3v) is 1.58. The first-order chi connectivity index (χ1) is 5.91. The minimum atomic E-state index is 0.881. The monoisotopic (exact) mass is 167 g/mol. The quantitative estimate of drug-likeness (QED) is 0.436. The fraction of sp³-hybridized carbons (Fsp3) is 0.727. The second kappa shape index (κ2) is 10.5. The molecule has 0 atom stereocenters. The van der Waals surface area contributed by atoms with Gasteiger partial charge in [-0.2, -0.15) is 0 Å². The maximum absolute atomic E-state index is 4.94. The van der Waals surface area contributed by atoms with Crippen LogP contribution in [-0.2, 0) is 4.74 Å². The number of hydrogen-bond acceptors (Lipinski definition) is 1. The van der Waals surface area contributed by atoms with Gasteiger partial charge in [-0.3, -0.25) is 0 Å². The Morgan fingerprint density at radius 1 is 1.08 bits per heavy atom. The van der Waals surface area contributed by atoms with E-state index in [1.54, 1.807) is 7.11 Å². The van der Waals surface area contributed by atoms with Crippen LogP contribution in [0.2, 0.25) is 0 Å². The highest BCUT2D eigenvalue weighted by Crippen LogP contribution is 1.98. The van der Waals surface area contributed by atoms with E-state index in [1.807, 2.05) is 0 Å². The van der Waals surface area contributed by atoms with Gasteiger partial charge in [0.1, 0.15) is 0 Å². The first-order valence-electron chi connectivity index (χ1n) is 4.65. The molecule has 1 heteroatoms. The number of methoxy groups -OCH3 is 1. The predicted molar refractivity (Wildman–Crippen MR) is 52.7 cm³/mol. The lowest BCUT2D eigenvalue weighted by Crippen LogP contribution is -1.87. The Kier molecular flexibility index (Phi) is 10.1. The van der Waals surface area contributed by atoms with Gasteiger partial charge in [-0.1, -0.05) is 13.3 Å². The van der Waals surface area contributed by atoms with E-state index >= 15 is 0 Å². The van der Waals surface area contributed by atoms with E-state index in [2.05, 4.69) is 18.8 Å². The molecule has 0 aliphatic heterocycles. The van der Waals surface area contributed by atoms with Crippen LogP contribution in [-0.4, -0.2) is 13.7 Å². The molecule has 12 heavy (non-hydrogen) atoms. The van der Waals surface area contributed by atoms with Crippen LogP contribution < -0.4 is 0 Å². The summed E-state index contributed by atoms with van der Waals surface area (Å²) in [7, 11) is 1.74. The first kappa shape index (κ1) is 11.5. The van der Waals surface area contributed by atoms with Crippen molar-refractivity contribution in [1.82, 2.24) is 0 Å². The Morgan fingerprint density at radius 3 is 2.50 bits per heavy atom. The zero-order chi connectivity index (χ0) is 9.07. The topological polar surface area (TPSA) is 9.23 Å². The van der Waals surface area contributed by atoms with Crippen molar-refractivity contribution in [3.8, 4) is 11.8 Å². The van der Waals surface area contributed by atoms with Gasteiger partial charge in [0.05, 0.1) is 0 Å². The molecular weight excluding hydrogens is 148 g/mol. The molecule has 0 spiro atoms. The number of ether oxygens (including phenoxy) is 1. The van der Waals surface area contributed by atoms with Crippen LogP contribution in [0.15, 0.2) is 0 Å². The molecule has 0 aromatic heterocycles. The Morgan fingerprint density at radius 2 is 1.83 bits per heavy atom. The fourth-order valence-corrected chi connectivity index (χ4v) is 0.902. The van der Waals surface area contributed by atoms with Crippen molar-refractivity contribution in [3.63, 3.8) is 0 Å². The molecular formula is C11H19O. The van der Waals surface area contributed by atoms with E-state index in [9.17, 15) is 0 Å². The van der Waals surface area contributed by atoms with Gasteiger partial charge < -0.3 is 4.74 Å². The third kappa shape index (κ3) is 9.52. The number of unbranched alkanes of at least 4 members (excludes halogenated alkanes) is 4. The average Bonchev–Trinajstić information content (AvgIpc) is 2.10. The summed E-state index contributed by atoms with van der Waals surface area (Å²) in [6, 6.07) is 0. The molecule has 0 saturated carbocycles. The minimum Gasteiger partial charge on any atom is -0.385 e. The van der Waals surface area contributed by atoms with Gasteiger partial charge in [-0.25, -0.2) is 0 Å². The van der Waals surface area contributed by atoms with Crippen molar-refractivity contribution >= 4 is 0 Å². The van der Waals surface area contributed by atoms with Crippen LogP contribution in [0.4, 0.5) is 0 Å². The van der Waals surface area contributed by atoms with Crippen LogP contribution in [0.3, 0.4) is 0 Å². The summed E-state index contributed by atoms with van der Waals surface area (Å²) in [6.45, 7) is 4.61. The van der Waals surface area contributed by atoms with Gasteiger partial charge in [-0.15, -0.1) is 11.8 Å². The Balaban J connectivity index is 2.96. The summed E-state index contributed by atoms with van der Waals surface area (Å²) in [5.74, 6) is 6.21. The van der Waals surface area contributed by atoms with E-state index < -0.39 is 0 Å². The summed E-state index contributed by atoms with van der Waals surface area (Å²) in [5, 5.41) is 0. The summed E-state index contributed by atoms with van der Waals surface area (Å²) in [4.78, 5) is 0. The predicted octanol–water partition coefficient (Wildman–Crippen LogP) is 2.81. The second-order valence-electron chi connectivity index (χ2n) is 2.76. The van der Waals surface area contributed by atoms with Gasteiger partial charge in [0.25, 0.3) is 0 Å². The molecule has 0 aromatic rings. The van der Waals surface area contributed by atoms with E-state index in [0.29, 0.717) is 0 Å². The van der Waals surface area contributed by atoms with E-state index in [1.165, 1.54) is 12.8 Å². The molecule has 0 unspecified atom stereocenters. The van der Waals surface area contributed by atoms with E-state index in [-0.39, 0.29) is 0 Å². The van der Waals surface area contributed by atoms with Gasteiger partial charge >= 0.3 is 0 Å². The molecule has 1 radical (unpaired) electrons. The maximum Gasteiger partial charge on any atom is 0.0462 e. The zero-order valence-electron chi connectivity index (χ0n) is 8.07. The van der Waals surface area contributed by atoms with Crippen molar-refractivity contribution in [1.29, 1.82) is 0 Å². The molecule has 0 heterocycles. The molecule has 0 fully saturated rings. The van der Waals surface area contributed by atoms with Crippen LogP contribution >= 0.6 is 0 Å². The van der Waals surface area contributed by atoms with Crippen LogP contribution in [0, 0.1) is 18.8 Å². The molecule has 0 aromatic carbocycles. The van der Waals surface area contributed by atoms with Gasteiger partial charge in [-0.05, 0) is 19.3 Å². The van der Waals surface area contributed by atoms with E-state index in [0.717, 1.165) is 32.3 Å². The normalized spacial score (nSPS) is 9.17. The molecule has 0 aliphatic carbocycles. The summed E-state index contributed by atoms with van der Waals surface area (Å²) in [5.41, 5.74) is 0. The summed E-state index contributed by atoms with van der Waals surface area (Å²) < 4.78 is 4.94. The molecule has 0 N–H and O–H groups in total. The summed E-state index contributed by atoms with van der Waals surface area (Å²) >= 11 is 0. The minimum absolute atomic E-state index is 0.881. The van der Waals surface area contributed by atoms with Crippen molar-refractivity contribution in [3.05, 3.63) is 6.92 Å². The molecule has 0 amide bonds.